The van der Waals surface area contributed by atoms with Crippen molar-refractivity contribution in [1.29, 1.82) is 0 Å². The number of thiazole rings is 1. The number of carbonyl (C=O) groups excluding carboxylic acids is 1. The first-order chi connectivity index (χ1) is 9.56. The lowest BCUT2D eigenvalue weighted by Gasteiger charge is -2.11. The van der Waals surface area contributed by atoms with Crippen LogP contribution in [0.25, 0.3) is 0 Å². The van der Waals surface area contributed by atoms with Crippen LogP contribution in [-0.2, 0) is 0 Å². The molecule has 7 heteroatoms. The van der Waals surface area contributed by atoms with Gasteiger partial charge in [-0.25, -0.2) is 19.2 Å². The van der Waals surface area contributed by atoms with E-state index in [0.717, 1.165) is 10.7 Å². The fraction of sp³-hybridized carbons (Fsp3) is 0.308. The number of halogens is 1. The third kappa shape index (κ3) is 3.74. The molecule has 106 valence electrons. The van der Waals surface area contributed by atoms with Gasteiger partial charge in [0.25, 0.3) is 0 Å². The average Bonchev–Trinajstić information content (AvgIpc) is 2.85. The van der Waals surface area contributed by atoms with Crippen molar-refractivity contribution >= 4 is 23.2 Å². The van der Waals surface area contributed by atoms with Gasteiger partial charge in [-0.1, -0.05) is 6.92 Å². The Bertz CT molecular complexity index is 602. The SMILES string of the molecule is Cc1csc([C@H](C)CNC(=O)Nc2ncccc2F)n1. The second kappa shape index (κ2) is 6.42. The maximum absolute atomic E-state index is 13.3. The van der Waals surface area contributed by atoms with E-state index in [1.54, 1.807) is 11.3 Å². The maximum atomic E-state index is 13.3. The van der Waals surface area contributed by atoms with E-state index >= 15 is 0 Å². The molecule has 2 heterocycles. The van der Waals surface area contributed by atoms with E-state index in [-0.39, 0.29) is 11.7 Å². The van der Waals surface area contributed by atoms with E-state index in [2.05, 4.69) is 20.6 Å². The molecule has 20 heavy (non-hydrogen) atoms. The van der Waals surface area contributed by atoms with E-state index in [9.17, 15) is 9.18 Å². The van der Waals surface area contributed by atoms with Crippen LogP contribution >= 0.6 is 11.3 Å². The summed E-state index contributed by atoms with van der Waals surface area (Å²) in [5.74, 6) is -0.540. The topological polar surface area (TPSA) is 66.9 Å². The molecule has 0 bridgehead atoms. The summed E-state index contributed by atoms with van der Waals surface area (Å²) in [6.07, 6.45) is 1.42. The minimum Gasteiger partial charge on any atom is -0.337 e. The minimum absolute atomic E-state index is 0.0808. The zero-order chi connectivity index (χ0) is 14.5. The zero-order valence-electron chi connectivity index (χ0n) is 11.2. The van der Waals surface area contributed by atoms with Crippen molar-refractivity contribution in [3.63, 3.8) is 0 Å². The Morgan fingerprint density at radius 2 is 2.35 bits per heavy atom. The summed E-state index contributed by atoms with van der Waals surface area (Å²) in [6, 6.07) is 2.22. The minimum atomic E-state index is -0.564. The molecule has 0 aromatic carbocycles. The fourth-order valence-corrected chi connectivity index (χ4v) is 2.42. The van der Waals surface area contributed by atoms with Crippen LogP contribution in [0.1, 0.15) is 23.5 Å². The quantitative estimate of drug-likeness (QED) is 0.911. The van der Waals surface area contributed by atoms with Crippen molar-refractivity contribution in [3.05, 3.63) is 40.2 Å². The summed E-state index contributed by atoms with van der Waals surface area (Å²) in [5.41, 5.74) is 0.969. The van der Waals surface area contributed by atoms with Crippen LogP contribution in [0.15, 0.2) is 23.7 Å². The molecule has 1 atom stereocenters. The van der Waals surface area contributed by atoms with Gasteiger partial charge < -0.3 is 5.32 Å². The fourth-order valence-electron chi connectivity index (χ4n) is 1.56. The highest BCUT2D eigenvalue weighted by Crippen LogP contribution is 2.18. The molecule has 0 radical (unpaired) electrons. The van der Waals surface area contributed by atoms with Crippen LogP contribution in [0.3, 0.4) is 0 Å². The number of pyridine rings is 1. The number of hydrogen-bond donors (Lipinski definition) is 2. The Morgan fingerprint density at radius 1 is 1.55 bits per heavy atom. The van der Waals surface area contributed by atoms with Crippen LogP contribution in [0.4, 0.5) is 15.0 Å². The monoisotopic (exact) mass is 294 g/mol. The molecule has 0 saturated carbocycles. The lowest BCUT2D eigenvalue weighted by atomic mass is 10.2. The molecule has 5 nitrogen and oxygen atoms in total. The van der Waals surface area contributed by atoms with Crippen molar-refractivity contribution < 1.29 is 9.18 Å². The lowest BCUT2D eigenvalue weighted by molar-refractivity contribution is 0.251. The predicted molar refractivity (Wildman–Crippen MR) is 76.5 cm³/mol. The van der Waals surface area contributed by atoms with E-state index in [0.29, 0.717) is 6.54 Å². The summed E-state index contributed by atoms with van der Waals surface area (Å²) >= 11 is 1.56. The average molecular weight is 294 g/mol. The van der Waals surface area contributed by atoms with Gasteiger partial charge in [0.05, 0.1) is 5.01 Å². The van der Waals surface area contributed by atoms with Gasteiger partial charge in [0.15, 0.2) is 11.6 Å². The zero-order valence-corrected chi connectivity index (χ0v) is 12.0. The van der Waals surface area contributed by atoms with Gasteiger partial charge in [-0.15, -0.1) is 11.3 Å². The summed E-state index contributed by atoms with van der Waals surface area (Å²) < 4.78 is 13.3. The molecule has 0 saturated heterocycles. The van der Waals surface area contributed by atoms with Gasteiger partial charge in [-0.05, 0) is 19.1 Å². The van der Waals surface area contributed by atoms with Gasteiger partial charge in [-0.3, -0.25) is 5.32 Å². The van der Waals surface area contributed by atoms with Crippen LogP contribution in [-0.4, -0.2) is 22.5 Å². The van der Waals surface area contributed by atoms with Gasteiger partial charge in [0.1, 0.15) is 0 Å². The molecule has 0 fully saturated rings. The van der Waals surface area contributed by atoms with E-state index < -0.39 is 11.8 Å². The highest BCUT2D eigenvalue weighted by Gasteiger charge is 2.12. The van der Waals surface area contributed by atoms with Crippen LogP contribution in [0.5, 0.6) is 0 Å². The number of aromatic nitrogens is 2. The molecule has 2 aromatic rings. The Labute approximate surface area is 120 Å². The summed E-state index contributed by atoms with van der Waals surface area (Å²) in [5, 5.41) is 7.98. The van der Waals surface area contributed by atoms with Crippen molar-refractivity contribution in [2.45, 2.75) is 19.8 Å². The number of aryl methyl sites for hydroxylation is 1. The second-order valence-electron chi connectivity index (χ2n) is 4.40. The lowest BCUT2D eigenvalue weighted by Crippen LogP contribution is -2.32. The van der Waals surface area contributed by atoms with Gasteiger partial charge in [-0.2, -0.15) is 0 Å². The van der Waals surface area contributed by atoms with Gasteiger partial charge in [0, 0.05) is 29.7 Å². The largest absolute Gasteiger partial charge is 0.337 e. The summed E-state index contributed by atoms with van der Waals surface area (Å²) in [6.45, 7) is 4.32. The number of nitrogens with zero attached hydrogens (tertiary/aromatic N) is 2. The third-order valence-electron chi connectivity index (χ3n) is 2.62. The molecule has 0 spiro atoms. The number of hydrogen-bond acceptors (Lipinski definition) is 4. The maximum Gasteiger partial charge on any atom is 0.320 e. The molecule has 2 N–H and O–H groups in total. The Balaban J connectivity index is 1.85. The van der Waals surface area contributed by atoms with Crippen LogP contribution < -0.4 is 10.6 Å². The Morgan fingerprint density at radius 3 is 3.00 bits per heavy atom. The van der Waals surface area contributed by atoms with Crippen molar-refractivity contribution in [2.24, 2.45) is 0 Å². The van der Waals surface area contributed by atoms with Gasteiger partial charge >= 0.3 is 6.03 Å². The normalized spacial score (nSPS) is 11.9. The number of urea groups is 1. The highest BCUT2D eigenvalue weighted by atomic mass is 32.1. The van der Waals surface area contributed by atoms with E-state index in [1.165, 1.54) is 18.3 Å². The number of carbonyl (C=O) groups is 1. The van der Waals surface area contributed by atoms with Crippen LogP contribution in [0, 0.1) is 12.7 Å². The summed E-state index contributed by atoms with van der Waals surface area (Å²) in [7, 11) is 0. The standard InChI is InChI=1S/C13H15FN4OS/c1-8(12-17-9(2)7-20-12)6-16-13(19)18-11-10(14)4-3-5-15-11/h3-5,7-8H,6H2,1-2H3,(H2,15,16,18,19)/t8-/m1/s1. The summed E-state index contributed by atoms with van der Waals surface area (Å²) in [4.78, 5) is 19.8. The van der Waals surface area contributed by atoms with Crippen molar-refractivity contribution in [2.75, 3.05) is 11.9 Å². The smallest absolute Gasteiger partial charge is 0.320 e. The molecule has 0 aliphatic heterocycles. The van der Waals surface area contributed by atoms with Crippen molar-refractivity contribution in [1.82, 2.24) is 15.3 Å². The molecule has 2 rings (SSSR count). The molecule has 2 amide bonds. The third-order valence-corrected chi connectivity index (χ3v) is 3.81. The number of rotatable bonds is 4. The Hall–Kier alpha value is -2.02. The Kier molecular flexibility index (Phi) is 4.62. The predicted octanol–water partition coefficient (Wildman–Crippen LogP) is 2.91. The first-order valence-corrected chi connectivity index (χ1v) is 7.01. The van der Waals surface area contributed by atoms with E-state index in [1.807, 2.05) is 19.2 Å². The molecular formula is C13H15FN4OS. The molecular weight excluding hydrogens is 279 g/mol. The van der Waals surface area contributed by atoms with E-state index in [4.69, 9.17) is 0 Å². The van der Waals surface area contributed by atoms with Crippen molar-refractivity contribution in [3.8, 4) is 0 Å². The first kappa shape index (κ1) is 14.4. The molecule has 0 aliphatic rings. The number of nitrogens with one attached hydrogen (secondary N) is 2. The second-order valence-corrected chi connectivity index (χ2v) is 5.29. The number of amides is 2. The van der Waals surface area contributed by atoms with Crippen LogP contribution in [0.2, 0.25) is 0 Å². The van der Waals surface area contributed by atoms with Gasteiger partial charge in [0.2, 0.25) is 0 Å². The first-order valence-electron chi connectivity index (χ1n) is 6.13. The molecule has 0 aliphatic carbocycles. The molecule has 0 unspecified atom stereocenters. The molecule has 2 aromatic heterocycles. The highest BCUT2D eigenvalue weighted by molar-refractivity contribution is 7.09. The number of anilines is 1.